The van der Waals surface area contributed by atoms with Gasteiger partial charge >= 0.3 is 0 Å². The predicted molar refractivity (Wildman–Crippen MR) is 96.2 cm³/mol. The van der Waals surface area contributed by atoms with Gasteiger partial charge in [-0.3, -0.25) is 9.39 Å². The summed E-state index contributed by atoms with van der Waals surface area (Å²) in [5.74, 6) is 3.09. The highest BCUT2D eigenvalue weighted by molar-refractivity contribution is 8.00. The third-order valence-corrected chi connectivity index (χ3v) is 5.25. The van der Waals surface area contributed by atoms with Crippen molar-refractivity contribution >= 4 is 23.4 Å². The van der Waals surface area contributed by atoms with Crippen molar-refractivity contribution in [1.82, 2.24) is 24.8 Å². The first-order valence-electron chi connectivity index (χ1n) is 7.97. The van der Waals surface area contributed by atoms with Crippen molar-refractivity contribution in [1.29, 1.82) is 0 Å². The van der Waals surface area contributed by atoms with Gasteiger partial charge in [-0.25, -0.2) is 0 Å². The van der Waals surface area contributed by atoms with Crippen LogP contribution in [-0.2, 0) is 6.42 Å². The highest BCUT2D eigenvalue weighted by Gasteiger charge is 2.28. The molecule has 0 unspecified atom stereocenters. The van der Waals surface area contributed by atoms with Gasteiger partial charge in [-0.2, -0.15) is 11.8 Å². The minimum absolute atomic E-state index is 0.277. The number of rotatable bonds is 3. The van der Waals surface area contributed by atoms with Crippen LogP contribution in [0.5, 0.6) is 0 Å². The Bertz CT molecular complexity index is 693. The maximum absolute atomic E-state index is 4.44. The fraction of sp³-hybridized carbons (Fsp3) is 0.562. The molecule has 0 atom stereocenters. The van der Waals surface area contributed by atoms with Crippen LogP contribution >= 0.6 is 11.8 Å². The van der Waals surface area contributed by atoms with Crippen LogP contribution in [0.15, 0.2) is 29.4 Å². The van der Waals surface area contributed by atoms with E-state index in [0.717, 1.165) is 49.2 Å². The summed E-state index contributed by atoms with van der Waals surface area (Å²) < 4.78 is 2.31. The average Bonchev–Trinajstić information content (AvgIpc) is 2.94. The molecule has 1 fully saturated rings. The van der Waals surface area contributed by atoms with Gasteiger partial charge in [0.1, 0.15) is 5.82 Å². The lowest BCUT2D eigenvalue weighted by molar-refractivity contribution is 0.376. The molecule has 0 aliphatic carbocycles. The molecule has 0 bridgehead atoms. The van der Waals surface area contributed by atoms with Crippen molar-refractivity contribution < 1.29 is 0 Å². The number of thioether (sulfide) groups is 1. The number of nitrogens with one attached hydrogen (secondary N) is 1. The van der Waals surface area contributed by atoms with E-state index in [4.69, 9.17) is 0 Å². The standard InChI is InChI=1S/C16H24N6S/c1-16(2)12-21(10-11-23-16)15(17-3)18-8-7-14-20-19-13-6-4-5-9-22(13)14/h4-6,9H,7-8,10-12H2,1-3H3,(H,17,18). The van der Waals surface area contributed by atoms with Gasteiger partial charge < -0.3 is 10.2 Å². The lowest BCUT2D eigenvalue weighted by atomic mass is 10.2. The Hall–Kier alpha value is -1.76. The van der Waals surface area contributed by atoms with Gasteiger partial charge in [0.05, 0.1) is 0 Å². The zero-order valence-electron chi connectivity index (χ0n) is 14.0. The SMILES string of the molecule is CN=C(NCCc1nnc2ccccn12)N1CCSC(C)(C)C1. The molecule has 1 aliphatic rings. The summed E-state index contributed by atoms with van der Waals surface area (Å²) in [6, 6.07) is 5.94. The molecule has 2 aromatic rings. The fourth-order valence-corrected chi connectivity index (χ4v) is 3.99. The van der Waals surface area contributed by atoms with E-state index in [-0.39, 0.29) is 4.75 Å². The van der Waals surface area contributed by atoms with Gasteiger partial charge in [-0.05, 0) is 26.0 Å². The quantitative estimate of drug-likeness (QED) is 0.684. The van der Waals surface area contributed by atoms with Crippen LogP contribution in [0.1, 0.15) is 19.7 Å². The number of hydrogen-bond acceptors (Lipinski definition) is 4. The fourth-order valence-electron chi connectivity index (χ4n) is 2.88. The first kappa shape index (κ1) is 16.1. The van der Waals surface area contributed by atoms with E-state index in [1.54, 1.807) is 0 Å². The second kappa shape index (κ2) is 6.78. The van der Waals surface area contributed by atoms with E-state index in [1.165, 1.54) is 0 Å². The molecule has 0 aromatic carbocycles. The van der Waals surface area contributed by atoms with E-state index in [9.17, 15) is 0 Å². The van der Waals surface area contributed by atoms with Crippen LogP contribution in [-0.4, -0.2) is 62.6 Å². The molecule has 2 aromatic heterocycles. The Morgan fingerprint density at radius 2 is 2.26 bits per heavy atom. The van der Waals surface area contributed by atoms with E-state index < -0.39 is 0 Å². The van der Waals surface area contributed by atoms with Crippen LogP contribution in [0.4, 0.5) is 0 Å². The zero-order chi connectivity index (χ0) is 16.3. The van der Waals surface area contributed by atoms with Gasteiger partial charge in [0, 0.05) is 49.8 Å². The number of aromatic nitrogens is 3. The first-order chi connectivity index (χ1) is 11.1. The number of pyridine rings is 1. The molecule has 0 saturated carbocycles. The summed E-state index contributed by atoms with van der Waals surface area (Å²) in [5.41, 5.74) is 0.890. The second-order valence-electron chi connectivity index (χ2n) is 6.30. The van der Waals surface area contributed by atoms with E-state index in [2.05, 4.69) is 39.3 Å². The topological polar surface area (TPSA) is 57.8 Å². The molecular weight excluding hydrogens is 308 g/mol. The summed E-state index contributed by atoms with van der Waals surface area (Å²) >= 11 is 2.03. The van der Waals surface area contributed by atoms with E-state index in [1.807, 2.05) is 47.6 Å². The maximum atomic E-state index is 4.44. The van der Waals surface area contributed by atoms with Crippen LogP contribution in [0, 0.1) is 0 Å². The Morgan fingerprint density at radius 3 is 3.04 bits per heavy atom. The molecule has 3 rings (SSSR count). The normalized spacial score (nSPS) is 18.4. The van der Waals surface area contributed by atoms with Crippen molar-refractivity contribution in [3.63, 3.8) is 0 Å². The summed E-state index contributed by atoms with van der Waals surface area (Å²) in [4.78, 5) is 6.78. The number of guanidine groups is 1. The summed E-state index contributed by atoms with van der Waals surface area (Å²) in [7, 11) is 1.85. The summed E-state index contributed by atoms with van der Waals surface area (Å²) in [5, 5.41) is 11.9. The van der Waals surface area contributed by atoms with Crippen LogP contribution in [0.25, 0.3) is 5.65 Å². The second-order valence-corrected chi connectivity index (χ2v) is 8.10. The van der Waals surface area contributed by atoms with Gasteiger partial charge in [-0.1, -0.05) is 6.07 Å². The molecule has 3 heterocycles. The molecule has 6 nitrogen and oxygen atoms in total. The molecule has 0 amide bonds. The third kappa shape index (κ3) is 3.77. The summed E-state index contributed by atoms with van der Waals surface area (Å²) in [6.07, 6.45) is 2.82. The number of fused-ring (bicyclic) bond motifs is 1. The van der Waals surface area contributed by atoms with E-state index in [0.29, 0.717) is 0 Å². The molecule has 1 N–H and O–H groups in total. The number of nitrogens with zero attached hydrogens (tertiary/aromatic N) is 5. The Balaban J connectivity index is 1.58. The smallest absolute Gasteiger partial charge is 0.193 e. The predicted octanol–water partition coefficient (Wildman–Crippen LogP) is 1.67. The molecule has 7 heteroatoms. The minimum Gasteiger partial charge on any atom is -0.356 e. The molecule has 1 saturated heterocycles. The van der Waals surface area contributed by atoms with Crippen LogP contribution < -0.4 is 5.32 Å². The highest BCUT2D eigenvalue weighted by Crippen LogP contribution is 2.29. The molecular formula is C16H24N6S. The highest BCUT2D eigenvalue weighted by atomic mass is 32.2. The van der Waals surface area contributed by atoms with Gasteiger partial charge in [0.2, 0.25) is 0 Å². The average molecular weight is 332 g/mol. The maximum Gasteiger partial charge on any atom is 0.193 e. The van der Waals surface area contributed by atoms with Gasteiger partial charge in [0.15, 0.2) is 11.6 Å². The number of aliphatic imine (C=N–C) groups is 1. The Morgan fingerprint density at radius 1 is 1.39 bits per heavy atom. The minimum atomic E-state index is 0.277. The van der Waals surface area contributed by atoms with Gasteiger partial charge in [-0.15, -0.1) is 10.2 Å². The molecule has 23 heavy (non-hydrogen) atoms. The zero-order valence-corrected chi connectivity index (χ0v) is 14.8. The van der Waals surface area contributed by atoms with Crippen molar-refractivity contribution in [3.8, 4) is 0 Å². The summed E-state index contributed by atoms with van der Waals surface area (Å²) in [6.45, 7) is 7.44. The first-order valence-corrected chi connectivity index (χ1v) is 8.96. The molecule has 1 aliphatic heterocycles. The Labute approximate surface area is 141 Å². The van der Waals surface area contributed by atoms with Crippen molar-refractivity contribution in [2.45, 2.75) is 25.0 Å². The molecule has 0 spiro atoms. The van der Waals surface area contributed by atoms with E-state index >= 15 is 0 Å². The lowest BCUT2D eigenvalue weighted by Crippen LogP contribution is -2.51. The largest absolute Gasteiger partial charge is 0.356 e. The van der Waals surface area contributed by atoms with Crippen molar-refractivity contribution in [2.24, 2.45) is 4.99 Å². The molecule has 124 valence electrons. The van der Waals surface area contributed by atoms with Crippen LogP contribution in [0.3, 0.4) is 0 Å². The number of hydrogen-bond donors (Lipinski definition) is 1. The molecule has 0 radical (unpaired) electrons. The van der Waals surface area contributed by atoms with Crippen molar-refractivity contribution in [2.75, 3.05) is 32.4 Å². The van der Waals surface area contributed by atoms with Gasteiger partial charge in [0.25, 0.3) is 0 Å². The van der Waals surface area contributed by atoms with Crippen LogP contribution in [0.2, 0.25) is 0 Å². The monoisotopic (exact) mass is 332 g/mol. The van der Waals surface area contributed by atoms with Crippen molar-refractivity contribution in [3.05, 3.63) is 30.2 Å². The lowest BCUT2D eigenvalue weighted by Gasteiger charge is -2.39. The third-order valence-electron chi connectivity index (χ3n) is 3.95. The Kier molecular flexibility index (Phi) is 4.75.